The molecule has 0 fully saturated rings. The molecule has 0 aliphatic heterocycles. The van der Waals surface area contributed by atoms with Gasteiger partial charge in [0.05, 0.1) is 7.11 Å². The van der Waals surface area contributed by atoms with Crippen molar-refractivity contribution < 1.29 is 21.8 Å². The number of halogens is 1. The molecule has 0 unspecified atom stereocenters. The molecule has 1 aromatic rings. The Kier molecular flexibility index (Phi) is 2.37. The van der Waals surface area contributed by atoms with Gasteiger partial charge in [-0.2, -0.15) is 8.42 Å². The maximum Gasteiger partial charge on any atom is 0.354 e. The maximum absolute atomic E-state index is 12.3. The predicted octanol–water partition coefficient (Wildman–Crippen LogP) is 0.459. The number of carbonyl (C=O) groups is 1. The molecule has 0 radical (unpaired) electrons. The third-order valence-corrected chi connectivity index (χ3v) is 2.14. The van der Waals surface area contributed by atoms with Crippen molar-refractivity contribution in [2.75, 3.05) is 7.11 Å². The second-order valence-corrected chi connectivity index (χ2v) is 3.53. The van der Waals surface area contributed by atoms with E-state index >= 15 is 0 Å². The van der Waals surface area contributed by atoms with Gasteiger partial charge in [-0.1, -0.05) is 0 Å². The smallest absolute Gasteiger partial charge is 0.354 e. The van der Waals surface area contributed by atoms with Crippen LogP contribution < -0.4 is 0 Å². The first-order valence-corrected chi connectivity index (χ1v) is 4.55. The molecule has 7 heteroatoms. The normalized spacial score (nSPS) is 11.2. The number of nitrogens with one attached hydrogen (secondary N) is 1. The molecule has 1 rings (SSSR count). The number of ether oxygens (including phenoxy) is 1. The van der Waals surface area contributed by atoms with Crippen LogP contribution >= 0.6 is 0 Å². The molecule has 0 bridgehead atoms. The van der Waals surface area contributed by atoms with Gasteiger partial charge in [0.25, 0.3) is 0 Å². The Morgan fingerprint density at radius 3 is 2.62 bits per heavy atom. The first-order valence-electron chi connectivity index (χ1n) is 3.16. The number of aromatic nitrogens is 1. The van der Waals surface area contributed by atoms with Crippen LogP contribution in [-0.4, -0.2) is 26.5 Å². The van der Waals surface area contributed by atoms with E-state index in [1.807, 2.05) is 0 Å². The topological polar surface area (TPSA) is 76.2 Å². The number of rotatable bonds is 2. The number of hydrogen-bond donors (Lipinski definition) is 1. The number of aromatic amines is 1. The summed E-state index contributed by atoms with van der Waals surface area (Å²) in [7, 11) is -3.63. The van der Waals surface area contributed by atoms with Gasteiger partial charge in [0.15, 0.2) is 0 Å². The molecule has 1 N–H and O–H groups in total. The lowest BCUT2D eigenvalue weighted by molar-refractivity contribution is 0.0595. The summed E-state index contributed by atoms with van der Waals surface area (Å²) in [6.45, 7) is 0. The van der Waals surface area contributed by atoms with Crippen molar-refractivity contribution in [3.8, 4) is 0 Å². The van der Waals surface area contributed by atoms with Crippen LogP contribution in [0.4, 0.5) is 3.89 Å². The SMILES string of the molecule is COC(=O)c1cc(S(=O)(=O)F)c[nH]1. The van der Waals surface area contributed by atoms with Crippen LogP contribution in [-0.2, 0) is 15.0 Å². The van der Waals surface area contributed by atoms with Crippen LogP contribution in [0.5, 0.6) is 0 Å². The second-order valence-electron chi connectivity index (χ2n) is 2.18. The summed E-state index contributed by atoms with van der Waals surface area (Å²) in [5.41, 5.74) is -0.112. The van der Waals surface area contributed by atoms with Gasteiger partial charge in [-0.15, -0.1) is 3.89 Å². The summed E-state index contributed by atoms with van der Waals surface area (Å²) in [6, 6.07) is 0.862. The molecule has 0 saturated carbocycles. The van der Waals surface area contributed by atoms with Gasteiger partial charge in [0, 0.05) is 6.20 Å². The van der Waals surface area contributed by atoms with Gasteiger partial charge >= 0.3 is 16.2 Å². The number of carbonyl (C=O) groups excluding carboxylic acids is 1. The van der Waals surface area contributed by atoms with Crippen molar-refractivity contribution in [3.63, 3.8) is 0 Å². The summed E-state index contributed by atoms with van der Waals surface area (Å²) in [6.07, 6.45) is 0.877. The lowest BCUT2D eigenvalue weighted by Crippen LogP contribution is -2.00. The third kappa shape index (κ3) is 2.05. The molecule has 0 aliphatic rings. The number of H-pyrrole nitrogens is 1. The van der Waals surface area contributed by atoms with E-state index in [4.69, 9.17) is 0 Å². The van der Waals surface area contributed by atoms with Crippen molar-refractivity contribution >= 4 is 16.2 Å². The quantitative estimate of drug-likeness (QED) is 0.564. The summed E-state index contributed by atoms with van der Waals surface area (Å²) < 4.78 is 37.2. The van der Waals surface area contributed by atoms with Gasteiger partial charge in [-0.25, -0.2) is 4.79 Å². The van der Waals surface area contributed by atoms with E-state index in [9.17, 15) is 17.1 Å². The Morgan fingerprint density at radius 1 is 1.62 bits per heavy atom. The minimum atomic E-state index is -4.76. The highest BCUT2D eigenvalue weighted by atomic mass is 32.3. The molecular formula is C6H6FNO4S. The summed E-state index contributed by atoms with van der Waals surface area (Å²) >= 11 is 0. The van der Waals surface area contributed by atoms with Crippen LogP contribution in [0.3, 0.4) is 0 Å². The zero-order valence-electron chi connectivity index (χ0n) is 6.57. The van der Waals surface area contributed by atoms with Crippen LogP contribution in [0.1, 0.15) is 10.5 Å². The first-order chi connectivity index (χ1) is 5.95. The number of methoxy groups -OCH3 is 1. The van der Waals surface area contributed by atoms with E-state index in [1.54, 1.807) is 0 Å². The molecule has 0 aliphatic carbocycles. The van der Waals surface area contributed by atoms with Crippen molar-refractivity contribution in [2.24, 2.45) is 0 Å². The summed E-state index contributed by atoms with van der Waals surface area (Å²) in [4.78, 5) is 12.5. The summed E-state index contributed by atoms with van der Waals surface area (Å²) in [5, 5.41) is 0. The van der Waals surface area contributed by atoms with Gasteiger partial charge in [0.2, 0.25) is 0 Å². The lowest BCUT2D eigenvalue weighted by Gasteiger charge is -1.91. The van der Waals surface area contributed by atoms with Crippen LogP contribution in [0, 0.1) is 0 Å². The van der Waals surface area contributed by atoms with Crippen molar-refractivity contribution in [2.45, 2.75) is 4.90 Å². The highest BCUT2D eigenvalue weighted by Gasteiger charge is 2.17. The zero-order chi connectivity index (χ0) is 10.1. The fraction of sp³-hybridized carbons (Fsp3) is 0.167. The number of esters is 1. The fourth-order valence-electron chi connectivity index (χ4n) is 0.743. The minimum absolute atomic E-state index is 0.112. The van der Waals surface area contributed by atoms with Gasteiger partial charge < -0.3 is 9.72 Å². The zero-order valence-corrected chi connectivity index (χ0v) is 7.39. The highest BCUT2D eigenvalue weighted by Crippen LogP contribution is 2.13. The minimum Gasteiger partial charge on any atom is -0.464 e. The summed E-state index contributed by atoms with van der Waals surface area (Å²) in [5.74, 6) is -0.755. The Morgan fingerprint density at radius 2 is 2.23 bits per heavy atom. The Hall–Kier alpha value is -1.37. The van der Waals surface area contributed by atoms with Crippen LogP contribution in [0.25, 0.3) is 0 Å². The molecule has 5 nitrogen and oxygen atoms in total. The molecule has 1 aromatic heterocycles. The maximum atomic E-state index is 12.3. The molecule has 13 heavy (non-hydrogen) atoms. The molecule has 72 valence electrons. The van der Waals surface area contributed by atoms with E-state index in [0.717, 1.165) is 19.4 Å². The van der Waals surface area contributed by atoms with E-state index in [2.05, 4.69) is 9.72 Å². The van der Waals surface area contributed by atoms with Crippen LogP contribution in [0.15, 0.2) is 17.2 Å². The molecule has 0 saturated heterocycles. The Bertz CT molecular complexity index is 422. The molecular weight excluding hydrogens is 201 g/mol. The largest absolute Gasteiger partial charge is 0.464 e. The van der Waals surface area contributed by atoms with E-state index in [0.29, 0.717) is 0 Å². The predicted molar refractivity (Wildman–Crippen MR) is 40.4 cm³/mol. The highest BCUT2D eigenvalue weighted by molar-refractivity contribution is 7.86. The van der Waals surface area contributed by atoms with Gasteiger partial charge in [-0.3, -0.25) is 0 Å². The lowest BCUT2D eigenvalue weighted by atomic mass is 10.4. The van der Waals surface area contributed by atoms with Crippen molar-refractivity contribution in [3.05, 3.63) is 18.0 Å². The average Bonchev–Trinajstić information content (AvgIpc) is 2.50. The van der Waals surface area contributed by atoms with Crippen molar-refractivity contribution in [1.29, 1.82) is 0 Å². The van der Waals surface area contributed by atoms with Gasteiger partial charge in [-0.05, 0) is 6.07 Å². The third-order valence-electron chi connectivity index (χ3n) is 1.34. The van der Waals surface area contributed by atoms with Gasteiger partial charge in [0.1, 0.15) is 10.6 Å². The second kappa shape index (κ2) is 3.17. The van der Waals surface area contributed by atoms with E-state index in [1.165, 1.54) is 0 Å². The molecule has 1 heterocycles. The molecule has 0 atom stereocenters. The first kappa shape index (κ1) is 9.72. The molecule has 0 spiro atoms. The monoisotopic (exact) mass is 207 g/mol. The Labute approximate surface area is 73.7 Å². The van der Waals surface area contributed by atoms with E-state index in [-0.39, 0.29) is 5.69 Å². The van der Waals surface area contributed by atoms with E-state index < -0.39 is 21.1 Å². The average molecular weight is 207 g/mol. The molecule has 0 aromatic carbocycles. The number of hydrogen-bond acceptors (Lipinski definition) is 4. The fourth-order valence-corrected chi connectivity index (χ4v) is 1.20. The van der Waals surface area contributed by atoms with Crippen molar-refractivity contribution in [1.82, 2.24) is 4.98 Å². The Balaban J connectivity index is 3.07. The van der Waals surface area contributed by atoms with Crippen LogP contribution in [0.2, 0.25) is 0 Å². The standard InChI is InChI=1S/C6H6FNO4S/c1-12-6(9)5-2-4(3-8-5)13(7,10)11/h2-3,8H,1H3. The molecule has 0 amide bonds.